The molecule has 0 radical (unpaired) electrons. The van der Waals surface area contributed by atoms with Gasteiger partial charge in [-0.05, 0) is 55.7 Å². The molecule has 0 saturated heterocycles. The first-order valence-electron chi connectivity index (χ1n) is 8.35. The van der Waals surface area contributed by atoms with Gasteiger partial charge in [0.2, 0.25) is 0 Å². The maximum atomic E-state index is 12.3. The van der Waals surface area contributed by atoms with Crippen molar-refractivity contribution < 1.29 is 14.3 Å². The third kappa shape index (κ3) is 5.30. The van der Waals surface area contributed by atoms with Crippen LogP contribution in [-0.4, -0.2) is 18.6 Å². The Hall–Kier alpha value is -2.49. The number of rotatable bonds is 8. The number of carbonyl (C=O) groups is 1. The molecule has 1 amide bonds. The van der Waals surface area contributed by atoms with Crippen LogP contribution in [0.1, 0.15) is 31.4 Å². The summed E-state index contributed by atoms with van der Waals surface area (Å²) < 4.78 is 11.2. The van der Waals surface area contributed by atoms with E-state index in [1.165, 1.54) is 0 Å². The first-order valence-corrected chi connectivity index (χ1v) is 8.35. The largest absolute Gasteiger partial charge is 0.494 e. The zero-order valence-corrected chi connectivity index (χ0v) is 14.5. The van der Waals surface area contributed by atoms with Gasteiger partial charge in [-0.15, -0.1) is 0 Å². The summed E-state index contributed by atoms with van der Waals surface area (Å²) in [6, 6.07) is 15.4. The van der Waals surface area contributed by atoms with Gasteiger partial charge in [-0.3, -0.25) is 4.79 Å². The molecule has 4 nitrogen and oxygen atoms in total. The fourth-order valence-electron chi connectivity index (χ4n) is 2.35. The minimum Gasteiger partial charge on any atom is -0.494 e. The molecule has 1 N–H and O–H groups in total. The molecule has 0 aliphatic rings. The van der Waals surface area contributed by atoms with Crippen molar-refractivity contribution in [1.82, 2.24) is 5.32 Å². The SMILES string of the molecule is CCOc1ccc(CNC(=O)[C@H](CC)Oc2cccc(C)c2)cc1. The second-order valence-corrected chi connectivity index (χ2v) is 5.63. The van der Waals surface area contributed by atoms with Gasteiger partial charge in [0, 0.05) is 6.54 Å². The number of benzene rings is 2. The van der Waals surface area contributed by atoms with Crippen LogP contribution in [0.2, 0.25) is 0 Å². The molecular weight excluding hydrogens is 302 g/mol. The van der Waals surface area contributed by atoms with Crippen LogP contribution < -0.4 is 14.8 Å². The van der Waals surface area contributed by atoms with Gasteiger partial charge in [0.15, 0.2) is 6.10 Å². The molecule has 0 bridgehead atoms. The lowest BCUT2D eigenvalue weighted by Gasteiger charge is -2.17. The molecule has 4 heteroatoms. The van der Waals surface area contributed by atoms with Gasteiger partial charge < -0.3 is 14.8 Å². The normalized spacial score (nSPS) is 11.6. The van der Waals surface area contributed by atoms with Crippen molar-refractivity contribution in [1.29, 1.82) is 0 Å². The number of ether oxygens (including phenoxy) is 2. The van der Waals surface area contributed by atoms with E-state index >= 15 is 0 Å². The third-order valence-corrected chi connectivity index (χ3v) is 3.63. The molecule has 0 unspecified atom stereocenters. The Morgan fingerprint density at radius 3 is 2.46 bits per heavy atom. The highest BCUT2D eigenvalue weighted by Crippen LogP contribution is 2.16. The highest BCUT2D eigenvalue weighted by Gasteiger charge is 2.18. The molecule has 0 aliphatic carbocycles. The lowest BCUT2D eigenvalue weighted by atomic mass is 10.2. The van der Waals surface area contributed by atoms with Gasteiger partial charge in [-0.1, -0.05) is 31.2 Å². The minimum absolute atomic E-state index is 0.104. The topological polar surface area (TPSA) is 47.6 Å². The van der Waals surface area contributed by atoms with Crippen molar-refractivity contribution >= 4 is 5.91 Å². The Bertz CT molecular complexity index is 652. The van der Waals surface area contributed by atoms with Crippen molar-refractivity contribution in [2.75, 3.05) is 6.61 Å². The average Bonchev–Trinajstić information content (AvgIpc) is 2.59. The van der Waals surface area contributed by atoms with Crippen LogP contribution in [0.4, 0.5) is 0 Å². The van der Waals surface area contributed by atoms with Crippen LogP contribution in [-0.2, 0) is 11.3 Å². The lowest BCUT2D eigenvalue weighted by molar-refractivity contribution is -0.128. The summed E-state index contributed by atoms with van der Waals surface area (Å²) in [5.41, 5.74) is 2.13. The summed E-state index contributed by atoms with van der Waals surface area (Å²) in [7, 11) is 0. The van der Waals surface area contributed by atoms with Gasteiger partial charge in [-0.2, -0.15) is 0 Å². The molecule has 2 aromatic rings. The van der Waals surface area contributed by atoms with E-state index < -0.39 is 6.10 Å². The molecule has 0 heterocycles. The van der Waals surface area contributed by atoms with Crippen molar-refractivity contribution in [2.45, 2.75) is 39.8 Å². The molecule has 24 heavy (non-hydrogen) atoms. The smallest absolute Gasteiger partial charge is 0.261 e. The van der Waals surface area contributed by atoms with Crippen molar-refractivity contribution in [3.8, 4) is 11.5 Å². The van der Waals surface area contributed by atoms with Crippen LogP contribution in [0.15, 0.2) is 48.5 Å². The fraction of sp³-hybridized carbons (Fsp3) is 0.350. The number of carbonyl (C=O) groups excluding carboxylic acids is 1. The number of hydrogen-bond acceptors (Lipinski definition) is 3. The molecule has 128 valence electrons. The highest BCUT2D eigenvalue weighted by atomic mass is 16.5. The van der Waals surface area contributed by atoms with Crippen LogP contribution in [0.3, 0.4) is 0 Å². The second kappa shape index (κ2) is 8.96. The van der Waals surface area contributed by atoms with E-state index in [0.717, 1.165) is 22.6 Å². The third-order valence-electron chi connectivity index (χ3n) is 3.63. The van der Waals surface area contributed by atoms with E-state index in [2.05, 4.69) is 5.32 Å². The van der Waals surface area contributed by atoms with E-state index in [9.17, 15) is 4.79 Å². The number of amides is 1. The molecule has 1 atom stereocenters. The molecule has 0 spiro atoms. The predicted octanol–water partition coefficient (Wildman–Crippen LogP) is 3.87. The van der Waals surface area contributed by atoms with E-state index in [4.69, 9.17) is 9.47 Å². The molecule has 0 fully saturated rings. The standard InChI is InChI=1S/C20H25NO3/c1-4-19(24-18-8-6-7-15(3)13-18)20(22)21-14-16-9-11-17(12-10-16)23-5-2/h6-13,19H,4-5,14H2,1-3H3,(H,21,22)/t19-/m0/s1. The minimum atomic E-state index is -0.491. The van der Waals surface area contributed by atoms with Gasteiger partial charge in [-0.25, -0.2) is 0 Å². The molecule has 0 saturated carbocycles. The average molecular weight is 327 g/mol. The summed E-state index contributed by atoms with van der Waals surface area (Å²) in [6.45, 7) is 7.01. The maximum Gasteiger partial charge on any atom is 0.261 e. The van der Waals surface area contributed by atoms with Crippen molar-refractivity contribution in [2.24, 2.45) is 0 Å². The Morgan fingerprint density at radius 2 is 1.83 bits per heavy atom. The van der Waals surface area contributed by atoms with Crippen molar-refractivity contribution in [3.05, 3.63) is 59.7 Å². The summed E-state index contributed by atoms with van der Waals surface area (Å²) in [6.07, 6.45) is 0.123. The number of nitrogens with one attached hydrogen (secondary N) is 1. The Labute approximate surface area is 143 Å². The molecular formula is C20H25NO3. The number of hydrogen-bond donors (Lipinski definition) is 1. The summed E-state index contributed by atoms with van der Waals surface area (Å²) in [5, 5.41) is 2.93. The van der Waals surface area contributed by atoms with E-state index in [1.807, 2.05) is 69.3 Å². The molecule has 2 aromatic carbocycles. The van der Waals surface area contributed by atoms with Gasteiger partial charge >= 0.3 is 0 Å². The first-order chi connectivity index (χ1) is 11.6. The first kappa shape index (κ1) is 17.9. The maximum absolute atomic E-state index is 12.3. The Balaban J connectivity index is 1.89. The zero-order chi connectivity index (χ0) is 17.4. The fourth-order valence-corrected chi connectivity index (χ4v) is 2.35. The van der Waals surface area contributed by atoms with Crippen LogP contribution >= 0.6 is 0 Å². The molecule has 0 aliphatic heterocycles. The Kier molecular flexibility index (Phi) is 6.67. The zero-order valence-electron chi connectivity index (χ0n) is 14.5. The molecule has 2 rings (SSSR count). The van der Waals surface area contributed by atoms with Crippen LogP contribution in [0.5, 0.6) is 11.5 Å². The second-order valence-electron chi connectivity index (χ2n) is 5.63. The van der Waals surface area contributed by atoms with Gasteiger partial charge in [0.05, 0.1) is 6.61 Å². The number of aryl methyl sites for hydroxylation is 1. The predicted molar refractivity (Wildman–Crippen MR) is 95.3 cm³/mol. The molecule has 0 aromatic heterocycles. The van der Waals surface area contributed by atoms with Gasteiger partial charge in [0.25, 0.3) is 5.91 Å². The monoisotopic (exact) mass is 327 g/mol. The van der Waals surface area contributed by atoms with Crippen LogP contribution in [0, 0.1) is 6.92 Å². The van der Waals surface area contributed by atoms with Crippen molar-refractivity contribution in [3.63, 3.8) is 0 Å². The Morgan fingerprint density at radius 1 is 1.08 bits per heavy atom. The summed E-state index contributed by atoms with van der Waals surface area (Å²) in [5.74, 6) is 1.45. The highest BCUT2D eigenvalue weighted by molar-refractivity contribution is 5.81. The van der Waals surface area contributed by atoms with E-state index in [0.29, 0.717) is 19.6 Å². The lowest BCUT2D eigenvalue weighted by Crippen LogP contribution is -2.37. The van der Waals surface area contributed by atoms with E-state index in [1.54, 1.807) is 0 Å². The summed E-state index contributed by atoms with van der Waals surface area (Å²) in [4.78, 5) is 12.3. The van der Waals surface area contributed by atoms with Gasteiger partial charge in [0.1, 0.15) is 11.5 Å². The van der Waals surface area contributed by atoms with Crippen LogP contribution in [0.25, 0.3) is 0 Å². The summed E-state index contributed by atoms with van der Waals surface area (Å²) >= 11 is 0. The van der Waals surface area contributed by atoms with E-state index in [-0.39, 0.29) is 5.91 Å². The quantitative estimate of drug-likeness (QED) is 0.801.